The van der Waals surface area contributed by atoms with E-state index in [1.165, 1.54) is 0 Å². The van der Waals surface area contributed by atoms with Gasteiger partial charge in [0.25, 0.3) is 0 Å². The van der Waals surface area contributed by atoms with Crippen LogP contribution >= 0.6 is 12.2 Å². The molecule has 0 aromatic heterocycles. The van der Waals surface area contributed by atoms with Crippen LogP contribution in [0.1, 0.15) is 6.92 Å². The minimum atomic E-state index is -0.0770. The lowest BCUT2D eigenvalue weighted by molar-refractivity contribution is -0.146. The van der Waals surface area contributed by atoms with E-state index in [4.69, 9.17) is 5.73 Å². The highest BCUT2D eigenvalue weighted by atomic mass is 32.1. The Morgan fingerprint density at radius 3 is 2.67 bits per heavy atom. The van der Waals surface area contributed by atoms with Crippen LogP contribution in [0.15, 0.2) is 0 Å². The number of hydroxylamine groups is 2. The molecule has 0 aromatic carbocycles. The second kappa shape index (κ2) is 4.22. The predicted octanol–water partition coefficient (Wildman–Crippen LogP) is -0.360. The second-order valence-electron chi connectivity index (χ2n) is 1.19. The van der Waals surface area contributed by atoms with Gasteiger partial charge in [-0.15, -0.1) is 0 Å². The Morgan fingerprint density at radius 2 is 2.56 bits per heavy atom. The van der Waals surface area contributed by atoms with Gasteiger partial charge in [0.1, 0.15) is 0 Å². The fraction of sp³-hybridized carbons (Fsp3) is 0.500. The summed E-state index contributed by atoms with van der Waals surface area (Å²) in [4.78, 5) is 14.6. The Bertz CT molecular complexity index is 117. The van der Waals surface area contributed by atoms with Gasteiger partial charge in [-0.2, -0.15) is 5.06 Å². The number of carbonyl (C=O) groups excluding carboxylic acids is 1. The van der Waals surface area contributed by atoms with Gasteiger partial charge < -0.3 is 5.73 Å². The van der Waals surface area contributed by atoms with Crippen molar-refractivity contribution in [1.82, 2.24) is 5.06 Å². The molecule has 1 amide bonds. The summed E-state index contributed by atoms with van der Waals surface area (Å²) < 4.78 is 0. The van der Waals surface area contributed by atoms with Gasteiger partial charge in [-0.05, 0) is 19.1 Å². The molecule has 4 nitrogen and oxygen atoms in total. The molecular formula is C4H8N2O2S. The Hall–Kier alpha value is -0.680. The number of amides is 1. The lowest BCUT2D eigenvalue weighted by atomic mass is 10.9. The van der Waals surface area contributed by atoms with E-state index >= 15 is 0 Å². The van der Waals surface area contributed by atoms with Gasteiger partial charge in [-0.3, -0.25) is 9.63 Å². The van der Waals surface area contributed by atoms with Crippen LogP contribution < -0.4 is 5.73 Å². The molecular weight excluding hydrogens is 140 g/mol. The maximum Gasteiger partial charge on any atom is 0.240 e. The van der Waals surface area contributed by atoms with Gasteiger partial charge in [-0.25, -0.2) is 0 Å². The normalized spacial score (nSPS) is 8.56. The van der Waals surface area contributed by atoms with E-state index in [2.05, 4.69) is 17.1 Å². The van der Waals surface area contributed by atoms with Crippen molar-refractivity contribution in [3.05, 3.63) is 0 Å². The molecule has 0 radical (unpaired) electrons. The minimum absolute atomic E-state index is 0.0770. The third-order valence-corrected chi connectivity index (χ3v) is 0.761. The smallest absolute Gasteiger partial charge is 0.240 e. The Labute approximate surface area is 58.5 Å². The van der Waals surface area contributed by atoms with Gasteiger partial charge in [-0.1, -0.05) is 0 Å². The molecule has 0 saturated heterocycles. The average molecular weight is 148 g/mol. The number of nitrogens with zero attached hydrogens (tertiary/aromatic N) is 1. The van der Waals surface area contributed by atoms with Crippen molar-refractivity contribution in [3.63, 3.8) is 0 Å². The predicted molar refractivity (Wildman–Crippen MR) is 36.3 cm³/mol. The molecule has 52 valence electrons. The van der Waals surface area contributed by atoms with Crippen LogP contribution in [0.2, 0.25) is 0 Å². The average Bonchev–Trinajstić information content (AvgIpc) is 1.82. The fourth-order valence-corrected chi connectivity index (χ4v) is 0.381. The van der Waals surface area contributed by atoms with E-state index in [-0.39, 0.29) is 5.11 Å². The first kappa shape index (κ1) is 8.32. The summed E-state index contributed by atoms with van der Waals surface area (Å²) >= 11 is 4.43. The van der Waals surface area contributed by atoms with Crippen LogP contribution in [0.3, 0.4) is 0 Å². The lowest BCUT2D eigenvalue weighted by Crippen LogP contribution is -2.34. The number of thiocarbonyl (C=S) groups is 1. The summed E-state index contributed by atoms with van der Waals surface area (Å²) in [5.74, 6) is 0. The molecule has 0 spiro atoms. The van der Waals surface area contributed by atoms with Crippen molar-refractivity contribution < 1.29 is 9.63 Å². The van der Waals surface area contributed by atoms with Crippen LogP contribution in [0.25, 0.3) is 0 Å². The molecule has 0 saturated carbocycles. The highest BCUT2D eigenvalue weighted by Crippen LogP contribution is 1.83. The van der Waals surface area contributed by atoms with Crippen molar-refractivity contribution >= 4 is 23.7 Å². The highest BCUT2D eigenvalue weighted by molar-refractivity contribution is 7.80. The molecule has 2 N–H and O–H groups in total. The zero-order valence-corrected chi connectivity index (χ0v) is 5.85. The van der Waals surface area contributed by atoms with Gasteiger partial charge >= 0.3 is 0 Å². The first-order valence-corrected chi connectivity index (χ1v) is 2.80. The van der Waals surface area contributed by atoms with Gasteiger partial charge in [0.15, 0.2) is 5.11 Å². The number of hydrogen-bond donors (Lipinski definition) is 1. The molecule has 9 heavy (non-hydrogen) atoms. The number of rotatable bonds is 3. The zero-order chi connectivity index (χ0) is 7.28. The molecule has 0 bridgehead atoms. The Morgan fingerprint density at radius 1 is 2.00 bits per heavy atom. The van der Waals surface area contributed by atoms with E-state index in [1.54, 1.807) is 6.92 Å². The van der Waals surface area contributed by atoms with Crippen molar-refractivity contribution in [3.8, 4) is 0 Å². The molecule has 0 atom stereocenters. The van der Waals surface area contributed by atoms with E-state index in [0.717, 1.165) is 5.06 Å². The summed E-state index contributed by atoms with van der Waals surface area (Å²) in [7, 11) is 0. The minimum Gasteiger partial charge on any atom is -0.374 e. The van der Waals surface area contributed by atoms with E-state index < -0.39 is 0 Å². The summed E-state index contributed by atoms with van der Waals surface area (Å²) in [6, 6.07) is 0. The number of carbonyl (C=O) groups is 1. The molecule has 0 aromatic rings. The van der Waals surface area contributed by atoms with Gasteiger partial charge in [0.2, 0.25) is 6.41 Å². The topological polar surface area (TPSA) is 55.6 Å². The molecule has 0 rings (SSSR count). The molecule has 0 fully saturated rings. The SMILES string of the molecule is CCON(C=O)C(N)=S. The summed E-state index contributed by atoms with van der Waals surface area (Å²) in [5.41, 5.74) is 5.03. The molecule has 0 heterocycles. The van der Waals surface area contributed by atoms with Crippen molar-refractivity contribution in [2.75, 3.05) is 6.61 Å². The number of nitrogens with two attached hydrogens (primary N) is 1. The maximum atomic E-state index is 9.97. The zero-order valence-electron chi connectivity index (χ0n) is 5.03. The quantitative estimate of drug-likeness (QED) is 0.337. The Balaban J connectivity index is 3.68. The largest absolute Gasteiger partial charge is 0.374 e. The van der Waals surface area contributed by atoms with Crippen LogP contribution in [0.5, 0.6) is 0 Å². The summed E-state index contributed by atoms with van der Waals surface area (Å²) in [6.07, 6.45) is 0.422. The molecule has 5 heteroatoms. The Kier molecular flexibility index (Phi) is 3.90. The van der Waals surface area contributed by atoms with Gasteiger partial charge in [0, 0.05) is 0 Å². The summed E-state index contributed by atoms with van der Waals surface area (Å²) in [5, 5.41) is 0.724. The number of hydrogen-bond acceptors (Lipinski definition) is 3. The third kappa shape index (κ3) is 2.99. The molecule has 0 aliphatic carbocycles. The van der Waals surface area contributed by atoms with Crippen LogP contribution in [0.4, 0.5) is 0 Å². The van der Waals surface area contributed by atoms with E-state index in [1.807, 2.05) is 0 Å². The first-order chi connectivity index (χ1) is 4.22. The van der Waals surface area contributed by atoms with Crippen molar-refractivity contribution in [2.24, 2.45) is 5.73 Å². The van der Waals surface area contributed by atoms with Crippen molar-refractivity contribution in [1.29, 1.82) is 0 Å². The van der Waals surface area contributed by atoms with Gasteiger partial charge in [0.05, 0.1) is 6.61 Å². The highest BCUT2D eigenvalue weighted by Gasteiger charge is 2.01. The summed E-state index contributed by atoms with van der Waals surface area (Å²) in [6.45, 7) is 2.10. The molecule has 0 aliphatic heterocycles. The second-order valence-corrected chi connectivity index (χ2v) is 1.61. The first-order valence-electron chi connectivity index (χ1n) is 2.39. The van der Waals surface area contributed by atoms with Crippen LogP contribution in [-0.2, 0) is 9.63 Å². The maximum absolute atomic E-state index is 9.97. The third-order valence-electron chi connectivity index (χ3n) is 0.581. The lowest BCUT2D eigenvalue weighted by Gasteiger charge is -2.11. The van der Waals surface area contributed by atoms with E-state index in [0.29, 0.717) is 13.0 Å². The fourth-order valence-electron chi connectivity index (χ4n) is 0.285. The standard InChI is InChI=1S/C4H8N2O2S/c1-2-8-6(3-7)4(5)9/h3H,2H2,1H3,(H2,5,9). The van der Waals surface area contributed by atoms with Crippen LogP contribution in [-0.4, -0.2) is 23.2 Å². The molecule has 0 unspecified atom stereocenters. The molecule has 0 aliphatic rings. The monoisotopic (exact) mass is 148 g/mol. The van der Waals surface area contributed by atoms with E-state index in [9.17, 15) is 4.79 Å². The van der Waals surface area contributed by atoms with Crippen molar-refractivity contribution in [2.45, 2.75) is 6.92 Å². The van der Waals surface area contributed by atoms with Crippen LogP contribution in [0, 0.1) is 0 Å².